The number of rotatable bonds is 5. The number of tetrazole rings is 1. The third-order valence-electron chi connectivity index (χ3n) is 4.61. The van der Waals surface area contributed by atoms with Crippen molar-refractivity contribution in [1.82, 2.24) is 25.5 Å². The highest BCUT2D eigenvalue weighted by Crippen LogP contribution is 2.22. The second-order valence-corrected chi connectivity index (χ2v) is 6.48. The standard InChI is InChI=1S/C22H19N5O/c1-16(17-7-9-19(10-8-17)18-5-3-2-4-6-18)24-22(28)20-11-13-21(14-12-20)27-15-23-25-26-27/h2-16H,1H3,(H,24,28)/t16-/m1/s1. The van der Waals surface area contributed by atoms with Gasteiger partial charge in [-0.15, -0.1) is 5.10 Å². The molecule has 4 rings (SSSR count). The van der Waals surface area contributed by atoms with Crippen LogP contribution in [0.3, 0.4) is 0 Å². The Morgan fingerprint density at radius 3 is 2.21 bits per heavy atom. The average molecular weight is 369 g/mol. The fraction of sp³-hybridized carbons (Fsp3) is 0.0909. The number of nitrogens with one attached hydrogen (secondary N) is 1. The molecule has 0 bridgehead atoms. The number of aromatic nitrogens is 4. The Labute approximate surface area is 162 Å². The van der Waals surface area contributed by atoms with Crippen LogP contribution in [0.15, 0.2) is 85.2 Å². The number of benzene rings is 3. The summed E-state index contributed by atoms with van der Waals surface area (Å²) in [5.74, 6) is -0.122. The molecule has 1 heterocycles. The second-order valence-electron chi connectivity index (χ2n) is 6.48. The molecule has 0 aliphatic heterocycles. The minimum atomic E-state index is -0.122. The van der Waals surface area contributed by atoms with Gasteiger partial charge in [-0.1, -0.05) is 54.6 Å². The van der Waals surface area contributed by atoms with Crippen molar-refractivity contribution in [3.63, 3.8) is 0 Å². The van der Waals surface area contributed by atoms with E-state index in [-0.39, 0.29) is 11.9 Å². The molecule has 1 aromatic heterocycles. The molecule has 0 spiro atoms. The van der Waals surface area contributed by atoms with Crippen LogP contribution in [0.5, 0.6) is 0 Å². The van der Waals surface area contributed by atoms with E-state index < -0.39 is 0 Å². The maximum Gasteiger partial charge on any atom is 0.251 e. The summed E-state index contributed by atoms with van der Waals surface area (Å²) in [6.07, 6.45) is 1.51. The van der Waals surface area contributed by atoms with Crippen molar-refractivity contribution in [2.45, 2.75) is 13.0 Å². The molecular weight excluding hydrogens is 350 g/mol. The lowest BCUT2D eigenvalue weighted by Crippen LogP contribution is -2.26. The van der Waals surface area contributed by atoms with Crippen molar-refractivity contribution >= 4 is 5.91 Å². The molecule has 4 aromatic rings. The molecule has 1 N–H and O–H groups in total. The molecule has 28 heavy (non-hydrogen) atoms. The molecule has 1 amide bonds. The quantitative estimate of drug-likeness (QED) is 0.580. The smallest absolute Gasteiger partial charge is 0.251 e. The molecule has 6 nitrogen and oxygen atoms in total. The van der Waals surface area contributed by atoms with Crippen LogP contribution in [0.4, 0.5) is 0 Å². The van der Waals surface area contributed by atoms with Gasteiger partial charge in [0.05, 0.1) is 11.7 Å². The Kier molecular flexibility index (Phi) is 4.93. The lowest BCUT2D eigenvalue weighted by molar-refractivity contribution is 0.0940. The molecule has 0 saturated carbocycles. The lowest BCUT2D eigenvalue weighted by Gasteiger charge is -2.15. The van der Waals surface area contributed by atoms with Crippen molar-refractivity contribution in [2.24, 2.45) is 0 Å². The fourth-order valence-electron chi connectivity index (χ4n) is 3.00. The Balaban J connectivity index is 1.43. The van der Waals surface area contributed by atoms with Gasteiger partial charge in [0, 0.05) is 5.56 Å². The van der Waals surface area contributed by atoms with Gasteiger partial charge in [-0.2, -0.15) is 0 Å². The first-order valence-corrected chi connectivity index (χ1v) is 9.00. The van der Waals surface area contributed by atoms with Crippen molar-refractivity contribution in [2.75, 3.05) is 0 Å². The molecule has 0 aliphatic rings. The summed E-state index contributed by atoms with van der Waals surface area (Å²) >= 11 is 0. The van der Waals surface area contributed by atoms with E-state index in [0.29, 0.717) is 5.56 Å². The SMILES string of the molecule is C[C@@H](NC(=O)c1ccc(-n2cnnn2)cc1)c1ccc(-c2ccccc2)cc1. The number of hydrogen-bond acceptors (Lipinski definition) is 4. The third kappa shape index (κ3) is 3.81. The van der Waals surface area contributed by atoms with Crippen LogP contribution in [-0.4, -0.2) is 26.1 Å². The topological polar surface area (TPSA) is 72.7 Å². The zero-order valence-electron chi connectivity index (χ0n) is 15.4. The number of carbonyl (C=O) groups excluding carboxylic acids is 1. The molecule has 0 unspecified atom stereocenters. The van der Waals surface area contributed by atoms with Gasteiger partial charge in [0.1, 0.15) is 6.33 Å². The molecule has 6 heteroatoms. The highest BCUT2D eigenvalue weighted by molar-refractivity contribution is 5.94. The summed E-state index contributed by atoms with van der Waals surface area (Å²) in [4.78, 5) is 12.6. The van der Waals surface area contributed by atoms with Gasteiger partial charge < -0.3 is 5.32 Å². The molecule has 0 radical (unpaired) electrons. The molecule has 0 fully saturated rings. The van der Waals surface area contributed by atoms with Gasteiger partial charge >= 0.3 is 0 Å². The summed E-state index contributed by atoms with van der Waals surface area (Å²) < 4.78 is 1.54. The van der Waals surface area contributed by atoms with Gasteiger partial charge in [-0.25, -0.2) is 4.68 Å². The van der Waals surface area contributed by atoms with Crippen LogP contribution < -0.4 is 5.32 Å². The van der Waals surface area contributed by atoms with Gasteiger partial charge in [-0.05, 0) is 58.3 Å². The summed E-state index contributed by atoms with van der Waals surface area (Å²) in [5, 5.41) is 14.1. The van der Waals surface area contributed by atoms with Crippen molar-refractivity contribution in [1.29, 1.82) is 0 Å². The molecule has 0 aliphatic carbocycles. The van der Waals surface area contributed by atoms with Crippen molar-refractivity contribution in [3.8, 4) is 16.8 Å². The molecule has 1 atom stereocenters. The van der Waals surface area contributed by atoms with Crippen LogP contribution in [-0.2, 0) is 0 Å². The normalized spacial score (nSPS) is 11.8. The minimum absolute atomic E-state index is 0.100. The van der Waals surface area contributed by atoms with E-state index in [1.54, 1.807) is 16.8 Å². The van der Waals surface area contributed by atoms with Crippen LogP contribution >= 0.6 is 0 Å². The largest absolute Gasteiger partial charge is 0.346 e. The highest BCUT2D eigenvalue weighted by Gasteiger charge is 2.12. The fourth-order valence-corrected chi connectivity index (χ4v) is 3.00. The minimum Gasteiger partial charge on any atom is -0.346 e. The summed E-state index contributed by atoms with van der Waals surface area (Å²) in [7, 11) is 0. The zero-order chi connectivity index (χ0) is 19.3. The average Bonchev–Trinajstić information content (AvgIpc) is 3.29. The van der Waals surface area contributed by atoms with Crippen molar-refractivity contribution in [3.05, 3.63) is 96.3 Å². The van der Waals surface area contributed by atoms with E-state index in [9.17, 15) is 4.79 Å². The van der Waals surface area contributed by atoms with Crippen LogP contribution in [0.25, 0.3) is 16.8 Å². The predicted molar refractivity (Wildman–Crippen MR) is 107 cm³/mol. The second kappa shape index (κ2) is 7.84. The van der Waals surface area contributed by atoms with E-state index in [1.165, 1.54) is 11.9 Å². The summed E-state index contributed by atoms with van der Waals surface area (Å²) in [6, 6.07) is 25.5. The molecular formula is C22H19N5O. The molecule has 138 valence electrons. The summed E-state index contributed by atoms with van der Waals surface area (Å²) in [6.45, 7) is 1.98. The number of amides is 1. The van der Waals surface area contributed by atoms with E-state index >= 15 is 0 Å². The Bertz CT molecular complexity index is 1040. The number of nitrogens with zero attached hydrogens (tertiary/aromatic N) is 4. The molecule has 0 saturated heterocycles. The summed E-state index contributed by atoms with van der Waals surface area (Å²) in [5.41, 5.74) is 4.77. The first-order valence-electron chi connectivity index (χ1n) is 9.00. The van der Waals surface area contributed by atoms with Crippen LogP contribution in [0.2, 0.25) is 0 Å². The first kappa shape index (κ1) is 17.6. The predicted octanol–water partition coefficient (Wildman–Crippen LogP) is 3.82. The van der Waals surface area contributed by atoms with Gasteiger partial charge in [0.15, 0.2) is 0 Å². The molecule has 3 aromatic carbocycles. The van der Waals surface area contributed by atoms with E-state index in [1.807, 2.05) is 49.4 Å². The lowest BCUT2D eigenvalue weighted by atomic mass is 10.0. The third-order valence-corrected chi connectivity index (χ3v) is 4.61. The van der Waals surface area contributed by atoms with Crippen molar-refractivity contribution < 1.29 is 4.79 Å². The maximum absolute atomic E-state index is 12.6. The van der Waals surface area contributed by atoms with Crippen LogP contribution in [0, 0.1) is 0 Å². The van der Waals surface area contributed by atoms with Gasteiger partial charge in [0.25, 0.3) is 5.91 Å². The van der Waals surface area contributed by atoms with Crippen LogP contribution in [0.1, 0.15) is 28.9 Å². The van der Waals surface area contributed by atoms with Gasteiger partial charge in [-0.3, -0.25) is 4.79 Å². The van der Waals surface area contributed by atoms with E-state index in [4.69, 9.17) is 0 Å². The first-order chi connectivity index (χ1) is 13.7. The number of carbonyl (C=O) groups is 1. The Morgan fingerprint density at radius 1 is 0.893 bits per heavy atom. The monoisotopic (exact) mass is 369 g/mol. The Morgan fingerprint density at radius 2 is 1.57 bits per heavy atom. The highest BCUT2D eigenvalue weighted by atomic mass is 16.1. The zero-order valence-corrected chi connectivity index (χ0v) is 15.4. The maximum atomic E-state index is 12.6. The number of hydrogen-bond donors (Lipinski definition) is 1. The van der Waals surface area contributed by atoms with E-state index in [0.717, 1.165) is 16.8 Å². The Hall–Kier alpha value is -3.80. The van der Waals surface area contributed by atoms with Gasteiger partial charge in [0.2, 0.25) is 0 Å². The van der Waals surface area contributed by atoms with E-state index in [2.05, 4.69) is 45.1 Å².